The molecule has 2 atom stereocenters. The van der Waals surface area contributed by atoms with Crippen LogP contribution in [0.25, 0.3) is 0 Å². The first-order chi connectivity index (χ1) is 9.16. The molecular weight excluding hydrogens is 268 g/mol. The molecule has 20 heavy (non-hydrogen) atoms. The van der Waals surface area contributed by atoms with Gasteiger partial charge in [-0.3, -0.25) is 14.6 Å². The first-order valence-electron chi connectivity index (χ1n) is 7.73. The zero-order valence-electron chi connectivity index (χ0n) is 14.3. The van der Waals surface area contributed by atoms with Crippen molar-refractivity contribution in [3.8, 4) is 0 Å². The fraction of sp³-hybridized carbons (Fsp3) is 0.933. The molecule has 0 aliphatic carbocycles. The van der Waals surface area contributed by atoms with Gasteiger partial charge >= 0.3 is 5.97 Å². The summed E-state index contributed by atoms with van der Waals surface area (Å²) in [6.45, 7) is 17.8. The summed E-state index contributed by atoms with van der Waals surface area (Å²) in [4.78, 5) is 16.7. The first-order valence-corrected chi connectivity index (χ1v) is 10.7. The van der Waals surface area contributed by atoms with Crippen LogP contribution in [0.5, 0.6) is 0 Å². The zero-order chi connectivity index (χ0) is 15.5. The van der Waals surface area contributed by atoms with Crippen LogP contribution in [0.15, 0.2) is 0 Å². The van der Waals surface area contributed by atoms with Gasteiger partial charge in [-0.1, -0.05) is 20.0 Å². The highest BCUT2D eigenvalue weighted by Crippen LogP contribution is 2.23. The Morgan fingerprint density at radius 2 is 1.95 bits per heavy atom. The van der Waals surface area contributed by atoms with Crippen LogP contribution in [0.1, 0.15) is 27.7 Å². The van der Waals surface area contributed by atoms with Gasteiger partial charge in [-0.15, -0.1) is 0 Å². The quantitative estimate of drug-likeness (QED) is 0.583. The lowest BCUT2D eigenvalue weighted by molar-refractivity contribution is -0.145. The SMILES string of the molecule is COC(=O)C(C)CN1CCN(C(C)(C)C)C([SiH](C)C)C1. The maximum atomic E-state index is 11.6. The number of carbonyl (C=O) groups excluding carboxylic acids is 1. The van der Waals surface area contributed by atoms with Crippen LogP contribution in [0.2, 0.25) is 13.1 Å². The Hall–Kier alpha value is -0.393. The molecule has 0 radical (unpaired) electrons. The lowest BCUT2D eigenvalue weighted by Gasteiger charge is -2.49. The van der Waals surface area contributed by atoms with E-state index >= 15 is 0 Å². The van der Waals surface area contributed by atoms with E-state index in [0.29, 0.717) is 5.67 Å². The smallest absolute Gasteiger partial charge is 0.309 e. The van der Waals surface area contributed by atoms with Gasteiger partial charge in [0.2, 0.25) is 0 Å². The lowest BCUT2D eigenvalue weighted by Crippen LogP contribution is -2.63. The van der Waals surface area contributed by atoms with Crippen LogP contribution < -0.4 is 0 Å². The molecule has 0 spiro atoms. The maximum Gasteiger partial charge on any atom is 0.309 e. The average molecular weight is 301 g/mol. The number of hydrogen-bond donors (Lipinski definition) is 0. The van der Waals surface area contributed by atoms with Crippen molar-refractivity contribution in [1.29, 1.82) is 0 Å². The average Bonchev–Trinajstić information content (AvgIpc) is 2.36. The molecule has 0 aromatic heterocycles. The van der Waals surface area contributed by atoms with Crippen LogP contribution in [-0.4, -0.2) is 69.1 Å². The van der Waals surface area contributed by atoms with E-state index in [2.05, 4.69) is 43.7 Å². The number of esters is 1. The molecule has 1 fully saturated rings. The normalized spacial score (nSPS) is 23.9. The van der Waals surface area contributed by atoms with Crippen LogP contribution in [-0.2, 0) is 9.53 Å². The molecule has 5 heteroatoms. The minimum absolute atomic E-state index is 0.0318. The van der Waals surface area contributed by atoms with E-state index in [-0.39, 0.29) is 17.4 Å². The summed E-state index contributed by atoms with van der Waals surface area (Å²) in [7, 11) is 0.715. The van der Waals surface area contributed by atoms with Gasteiger partial charge in [-0.05, 0) is 20.8 Å². The summed E-state index contributed by atoms with van der Waals surface area (Å²) in [6.07, 6.45) is 0. The topological polar surface area (TPSA) is 32.8 Å². The second kappa shape index (κ2) is 7.05. The molecule has 4 nitrogen and oxygen atoms in total. The molecule has 118 valence electrons. The number of methoxy groups -OCH3 is 1. The lowest BCUT2D eigenvalue weighted by atomic mass is 10.0. The number of rotatable bonds is 4. The van der Waals surface area contributed by atoms with Crippen molar-refractivity contribution in [2.45, 2.75) is 52.0 Å². The van der Waals surface area contributed by atoms with E-state index < -0.39 is 8.80 Å². The van der Waals surface area contributed by atoms with Gasteiger partial charge in [-0.25, -0.2) is 0 Å². The van der Waals surface area contributed by atoms with Crippen molar-refractivity contribution in [3.63, 3.8) is 0 Å². The number of ether oxygens (including phenoxy) is 1. The Kier molecular flexibility index (Phi) is 6.22. The van der Waals surface area contributed by atoms with Crippen LogP contribution in [0.3, 0.4) is 0 Å². The third-order valence-electron chi connectivity index (χ3n) is 4.27. The van der Waals surface area contributed by atoms with E-state index in [1.807, 2.05) is 6.92 Å². The monoisotopic (exact) mass is 300 g/mol. The van der Waals surface area contributed by atoms with Gasteiger partial charge in [0.25, 0.3) is 0 Å². The van der Waals surface area contributed by atoms with Gasteiger partial charge in [0.1, 0.15) is 0 Å². The van der Waals surface area contributed by atoms with E-state index in [9.17, 15) is 4.79 Å². The van der Waals surface area contributed by atoms with Gasteiger partial charge in [0.15, 0.2) is 0 Å². The van der Waals surface area contributed by atoms with Crippen molar-refractivity contribution in [2.24, 2.45) is 5.92 Å². The fourth-order valence-electron chi connectivity index (χ4n) is 3.10. The maximum absolute atomic E-state index is 11.6. The molecule has 1 heterocycles. The van der Waals surface area contributed by atoms with E-state index in [1.54, 1.807) is 0 Å². The number of carbonyl (C=O) groups is 1. The molecule has 2 unspecified atom stereocenters. The molecule has 1 saturated heterocycles. The van der Waals surface area contributed by atoms with Crippen molar-refractivity contribution in [2.75, 3.05) is 33.3 Å². The van der Waals surface area contributed by atoms with Gasteiger partial charge in [0.05, 0.1) is 21.8 Å². The van der Waals surface area contributed by atoms with Crippen molar-refractivity contribution in [3.05, 3.63) is 0 Å². The van der Waals surface area contributed by atoms with Crippen molar-refractivity contribution >= 4 is 14.8 Å². The Morgan fingerprint density at radius 1 is 1.35 bits per heavy atom. The Bertz CT molecular complexity index is 328. The predicted molar refractivity (Wildman–Crippen MR) is 86.7 cm³/mol. The largest absolute Gasteiger partial charge is 0.469 e. The van der Waals surface area contributed by atoms with Gasteiger partial charge in [-0.2, -0.15) is 0 Å². The first kappa shape index (κ1) is 17.7. The number of nitrogens with zero attached hydrogens (tertiary/aromatic N) is 2. The fourth-order valence-corrected chi connectivity index (χ4v) is 5.14. The molecule has 1 aliphatic rings. The molecule has 0 aromatic carbocycles. The summed E-state index contributed by atoms with van der Waals surface area (Å²) in [5.74, 6) is -0.128. The molecule has 0 bridgehead atoms. The third-order valence-corrected chi connectivity index (χ3v) is 6.38. The number of piperazine rings is 1. The highest BCUT2D eigenvalue weighted by atomic mass is 28.3. The summed E-state index contributed by atoms with van der Waals surface area (Å²) < 4.78 is 4.84. The van der Waals surface area contributed by atoms with E-state index in [4.69, 9.17) is 4.74 Å². The van der Waals surface area contributed by atoms with E-state index in [0.717, 1.165) is 26.2 Å². The standard InChI is InChI=1S/C15H32N2O2Si/c1-12(14(18)19-5)10-16-8-9-17(15(2,3)4)13(11-16)20(6)7/h12-13,20H,8-11H2,1-7H3. The second-order valence-electron chi connectivity index (χ2n) is 7.36. The highest BCUT2D eigenvalue weighted by molar-refractivity contribution is 6.57. The molecule has 0 amide bonds. The minimum Gasteiger partial charge on any atom is -0.469 e. The van der Waals surface area contributed by atoms with Crippen LogP contribution >= 0.6 is 0 Å². The van der Waals surface area contributed by atoms with Crippen molar-refractivity contribution in [1.82, 2.24) is 9.80 Å². The zero-order valence-corrected chi connectivity index (χ0v) is 15.4. The molecule has 0 saturated carbocycles. The summed E-state index contributed by atoms with van der Waals surface area (Å²) >= 11 is 0. The van der Waals surface area contributed by atoms with Crippen molar-refractivity contribution < 1.29 is 9.53 Å². The molecule has 0 N–H and O–H groups in total. The van der Waals surface area contributed by atoms with Crippen LogP contribution in [0.4, 0.5) is 0 Å². The molecule has 1 rings (SSSR count). The summed E-state index contributed by atoms with van der Waals surface area (Å²) in [5, 5.41) is 0. The minimum atomic E-state index is -0.757. The Labute approximate surface area is 126 Å². The second-order valence-corrected chi connectivity index (χ2v) is 10.6. The summed E-state index contributed by atoms with van der Waals surface area (Å²) in [6, 6.07) is 0. The molecule has 1 aliphatic heterocycles. The predicted octanol–water partition coefficient (Wildman–Crippen LogP) is 1.61. The van der Waals surface area contributed by atoms with Crippen LogP contribution in [0, 0.1) is 5.92 Å². The van der Waals surface area contributed by atoms with Gasteiger partial charge in [0, 0.05) is 37.4 Å². The Balaban J connectivity index is 2.67. The highest BCUT2D eigenvalue weighted by Gasteiger charge is 2.36. The summed E-state index contributed by atoms with van der Waals surface area (Å²) in [5.41, 5.74) is 0.927. The third kappa shape index (κ3) is 4.57. The molecule has 0 aromatic rings. The number of hydrogen-bond acceptors (Lipinski definition) is 4. The molecular formula is C15H32N2O2Si. The van der Waals surface area contributed by atoms with Gasteiger partial charge < -0.3 is 4.74 Å². The van der Waals surface area contributed by atoms with E-state index in [1.165, 1.54) is 7.11 Å². The Morgan fingerprint density at radius 3 is 2.40 bits per heavy atom.